The van der Waals surface area contributed by atoms with Crippen LogP contribution in [0.3, 0.4) is 0 Å². The molecule has 6 heteroatoms. The Hall–Kier alpha value is -0.620. The van der Waals surface area contributed by atoms with Crippen LogP contribution in [0.15, 0.2) is 16.6 Å². The monoisotopic (exact) mass is 362 g/mol. The van der Waals surface area contributed by atoms with Crippen molar-refractivity contribution in [3.05, 3.63) is 27.7 Å². The van der Waals surface area contributed by atoms with Gasteiger partial charge in [-0.2, -0.15) is 0 Å². The Kier molecular flexibility index (Phi) is 6.95. The number of halogens is 2. The molecule has 1 aromatic carbocycles. The van der Waals surface area contributed by atoms with Crippen LogP contribution in [0.25, 0.3) is 0 Å². The van der Waals surface area contributed by atoms with Crippen molar-refractivity contribution in [2.24, 2.45) is 0 Å². The summed E-state index contributed by atoms with van der Waals surface area (Å²) in [6, 6.07) is 3.93. The molecule has 0 spiro atoms. The average Bonchev–Trinajstić information content (AvgIpc) is 2.37. The van der Waals surface area contributed by atoms with Gasteiger partial charge in [0, 0.05) is 23.2 Å². The van der Waals surface area contributed by atoms with E-state index >= 15 is 0 Å². The standard InChI is InChI=1S/C14H19BrN2O2.ClH/c1-9-5-11(6-10(2)14(9)15)17-13(18)7-12-8-16-3-4-19-12;/h5-6,12,16H,3-4,7-8H2,1-2H3,(H,17,18);1H. The van der Waals surface area contributed by atoms with Crippen molar-refractivity contribution < 1.29 is 9.53 Å². The van der Waals surface area contributed by atoms with Crippen LogP contribution in [-0.4, -0.2) is 31.7 Å². The average molecular weight is 364 g/mol. The van der Waals surface area contributed by atoms with Crippen LogP contribution >= 0.6 is 28.3 Å². The van der Waals surface area contributed by atoms with Gasteiger partial charge >= 0.3 is 0 Å². The van der Waals surface area contributed by atoms with Gasteiger partial charge < -0.3 is 15.4 Å². The minimum Gasteiger partial charge on any atom is -0.375 e. The number of rotatable bonds is 3. The predicted octanol–water partition coefficient (Wildman–Crippen LogP) is 2.80. The summed E-state index contributed by atoms with van der Waals surface area (Å²) in [5.74, 6) is -0.00479. The van der Waals surface area contributed by atoms with Gasteiger partial charge in [-0.3, -0.25) is 4.79 Å². The van der Waals surface area contributed by atoms with Crippen LogP contribution in [0.4, 0.5) is 5.69 Å². The number of hydrogen-bond donors (Lipinski definition) is 2. The zero-order valence-electron chi connectivity index (χ0n) is 11.7. The van der Waals surface area contributed by atoms with E-state index in [9.17, 15) is 4.79 Å². The zero-order valence-corrected chi connectivity index (χ0v) is 14.1. The first kappa shape index (κ1) is 17.4. The molecule has 1 aliphatic heterocycles. The van der Waals surface area contributed by atoms with E-state index in [0.717, 1.165) is 34.4 Å². The number of anilines is 1. The number of nitrogens with one attached hydrogen (secondary N) is 2. The highest BCUT2D eigenvalue weighted by molar-refractivity contribution is 9.10. The molecule has 0 aliphatic carbocycles. The van der Waals surface area contributed by atoms with Gasteiger partial charge in [0.2, 0.25) is 5.91 Å². The lowest BCUT2D eigenvalue weighted by molar-refractivity contribution is -0.119. The van der Waals surface area contributed by atoms with Crippen LogP contribution < -0.4 is 10.6 Å². The second-order valence-electron chi connectivity index (χ2n) is 4.87. The van der Waals surface area contributed by atoms with E-state index in [0.29, 0.717) is 13.0 Å². The molecular formula is C14H20BrClN2O2. The Bertz CT molecular complexity index is 453. The zero-order chi connectivity index (χ0) is 13.8. The molecule has 1 aromatic rings. The minimum atomic E-state index is -0.0219. The number of carbonyl (C=O) groups excluding carboxylic acids is 1. The molecule has 1 fully saturated rings. The fourth-order valence-electron chi connectivity index (χ4n) is 2.19. The number of carbonyl (C=O) groups is 1. The molecule has 1 atom stereocenters. The van der Waals surface area contributed by atoms with Crippen molar-refractivity contribution in [1.82, 2.24) is 5.32 Å². The van der Waals surface area contributed by atoms with Gasteiger partial charge in [0.05, 0.1) is 19.1 Å². The third kappa shape index (κ3) is 4.74. The summed E-state index contributed by atoms with van der Waals surface area (Å²) in [4.78, 5) is 12.0. The molecule has 112 valence electrons. The van der Waals surface area contributed by atoms with E-state index in [1.807, 2.05) is 26.0 Å². The van der Waals surface area contributed by atoms with Crippen LogP contribution in [0, 0.1) is 13.8 Å². The number of ether oxygens (including phenoxy) is 1. The summed E-state index contributed by atoms with van der Waals surface area (Å²) in [6.07, 6.45) is 0.368. The third-order valence-electron chi connectivity index (χ3n) is 3.14. The Morgan fingerprint density at radius 1 is 1.45 bits per heavy atom. The first-order chi connectivity index (χ1) is 9.06. The smallest absolute Gasteiger partial charge is 0.227 e. The van der Waals surface area contributed by atoms with Crippen LogP contribution in [0.5, 0.6) is 0 Å². The molecule has 1 amide bonds. The van der Waals surface area contributed by atoms with E-state index in [1.165, 1.54) is 0 Å². The lowest BCUT2D eigenvalue weighted by Crippen LogP contribution is -2.40. The number of aryl methyl sites for hydroxylation is 2. The molecular weight excluding hydrogens is 344 g/mol. The van der Waals surface area contributed by atoms with E-state index in [-0.39, 0.29) is 24.4 Å². The van der Waals surface area contributed by atoms with Crippen molar-refractivity contribution in [2.75, 3.05) is 25.0 Å². The maximum Gasteiger partial charge on any atom is 0.227 e. The van der Waals surface area contributed by atoms with Crippen molar-refractivity contribution in [3.8, 4) is 0 Å². The first-order valence-electron chi connectivity index (χ1n) is 6.45. The van der Waals surface area contributed by atoms with Crippen LogP contribution in [-0.2, 0) is 9.53 Å². The van der Waals surface area contributed by atoms with Gasteiger partial charge in [-0.25, -0.2) is 0 Å². The minimum absolute atomic E-state index is 0. The summed E-state index contributed by atoms with van der Waals surface area (Å²) in [5.41, 5.74) is 3.07. The fraction of sp³-hybridized carbons (Fsp3) is 0.500. The Morgan fingerprint density at radius 2 is 2.10 bits per heavy atom. The van der Waals surface area contributed by atoms with Gasteiger partial charge in [0.25, 0.3) is 0 Å². The van der Waals surface area contributed by atoms with E-state index < -0.39 is 0 Å². The number of morpholine rings is 1. The highest BCUT2D eigenvalue weighted by atomic mass is 79.9. The van der Waals surface area contributed by atoms with Crippen molar-refractivity contribution in [3.63, 3.8) is 0 Å². The second kappa shape index (κ2) is 7.98. The van der Waals surface area contributed by atoms with Crippen molar-refractivity contribution >= 4 is 39.9 Å². The predicted molar refractivity (Wildman–Crippen MR) is 86.7 cm³/mol. The number of hydrogen-bond acceptors (Lipinski definition) is 3. The molecule has 0 bridgehead atoms. The third-order valence-corrected chi connectivity index (χ3v) is 4.39. The van der Waals surface area contributed by atoms with Gasteiger partial charge in [0.1, 0.15) is 0 Å². The maximum absolute atomic E-state index is 12.0. The molecule has 2 N–H and O–H groups in total. The molecule has 1 unspecified atom stereocenters. The second-order valence-corrected chi connectivity index (χ2v) is 5.67. The fourth-order valence-corrected chi connectivity index (χ4v) is 2.42. The summed E-state index contributed by atoms with van der Waals surface area (Å²) >= 11 is 3.52. The molecule has 1 aliphatic rings. The molecule has 20 heavy (non-hydrogen) atoms. The number of amides is 1. The largest absolute Gasteiger partial charge is 0.375 e. The van der Waals surface area contributed by atoms with Gasteiger partial charge in [-0.15, -0.1) is 12.4 Å². The Morgan fingerprint density at radius 3 is 2.65 bits per heavy atom. The normalized spacial score (nSPS) is 18.2. The molecule has 0 radical (unpaired) electrons. The van der Waals surface area contributed by atoms with Gasteiger partial charge in [-0.05, 0) is 37.1 Å². The summed E-state index contributed by atoms with van der Waals surface area (Å²) < 4.78 is 6.61. The van der Waals surface area contributed by atoms with Gasteiger partial charge in [0.15, 0.2) is 0 Å². The van der Waals surface area contributed by atoms with Crippen molar-refractivity contribution in [1.29, 1.82) is 0 Å². The molecule has 1 saturated heterocycles. The summed E-state index contributed by atoms with van der Waals surface area (Å²) in [5, 5.41) is 6.15. The summed E-state index contributed by atoms with van der Waals surface area (Å²) in [7, 11) is 0. The topological polar surface area (TPSA) is 50.4 Å². The van der Waals surface area contributed by atoms with E-state index in [4.69, 9.17) is 4.74 Å². The van der Waals surface area contributed by atoms with E-state index in [1.54, 1.807) is 0 Å². The Labute approximate surface area is 134 Å². The van der Waals surface area contributed by atoms with Crippen molar-refractivity contribution in [2.45, 2.75) is 26.4 Å². The van der Waals surface area contributed by atoms with Crippen LogP contribution in [0.1, 0.15) is 17.5 Å². The molecule has 4 nitrogen and oxygen atoms in total. The quantitative estimate of drug-likeness (QED) is 0.868. The SMILES string of the molecule is Cc1cc(NC(=O)CC2CNCCO2)cc(C)c1Br.Cl. The summed E-state index contributed by atoms with van der Waals surface area (Å²) in [6.45, 7) is 6.31. The number of benzene rings is 1. The highest BCUT2D eigenvalue weighted by Crippen LogP contribution is 2.25. The first-order valence-corrected chi connectivity index (χ1v) is 7.24. The lowest BCUT2D eigenvalue weighted by Gasteiger charge is -2.23. The lowest BCUT2D eigenvalue weighted by atomic mass is 10.1. The molecule has 0 saturated carbocycles. The molecule has 0 aromatic heterocycles. The van der Waals surface area contributed by atoms with Crippen LogP contribution in [0.2, 0.25) is 0 Å². The van der Waals surface area contributed by atoms with Gasteiger partial charge in [-0.1, -0.05) is 15.9 Å². The molecule has 1 heterocycles. The van der Waals surface area contributed by atoms with E-state index in [2.05, 4.69) is 26.6 Å². The maximum atomic E-state index is 12.0. The highest BCUT2D eigenvalue weighted by Gasteiger charge is 2.17. The molecule has 2 rings (SSSR count). The Balaban J connectivity index is 0.00000200.